The van der Waals surface area contributed by atoms with Gasteiger partial charge in [-0.05, 0) is 64.7 Å². The number of hydrogen-bond donors (Lipinski definition) is 0. The lowest BCUT2D eigenvalue weighted by atomic mass is 10.1. The predicted octanol–water partition coefficient (Wildman–Crippen LogP) is 4.40. The summed E-state index contributed by atoms with van der Waals surface area (Å²) in [5, 5.41) is 3.71. The van der Waals surface area contributed by atoms with Crippen molar-refractivity contribution in [2.24, 2.45) is 0 Å². The third kappa shape index (κ3) is 4.60. The zero-order valence-electron chi connectivity index (χ0n) is 15.0. The van der Waals surface area contributed by atoms with Gasteiger partial charge in [0.15, 0.2) is 0 Å². The fraction of sp³-hybridized carbons (Fsp3) is 0.227. The van der Waals surface area contributed by atoms with E-state index in [1.165, 1.54) is 16.5 Å². The normalized spacial score (nSPS) is 17.9. The van der Waals surface area contributed by atoms with Crippen molar-refractivity contribution in [1.82, 2.24) is 0 Å². The Morgan fingerprint density at radius 3 is 1.84 bits per heavy atom. The summed E-state index contributed by atoms with van der Waals surface area (Å²) in [4.78, 5) is 0. The van der Waals surface area contributed by atoms with E-state index in [9.17, 15) is 4.21 Å². The van der Waals surface area contributed by atoms with Crippen LogP contribution in [0.1, 0.15) is 20.8 Å². The van der Waals surface area contributed by atoms with Crippen molar-refractivity contribution in [3.8, 4) is 0 Å². The van der Waals surface area contributed by atoms with E-state index in [0.29, 0.717) is 0 Å². The third-order valence-corrected chi connectivity index (χ3v) is 8.49. The molecule has 1 aliphatic rings. The quantitative estimate of drug-likeness (QED) is 0.716. The maximum Gasteiger partial charge on any atom is 0.0747 e. The van der Waals surface area contributed by atoms with E-state index in [4.69, 9.17) is 0 Å². The molecular formula is C22H24OPS. The fourth-order valence-electron chi connectivity index (χ4n) is 2.80. The molecule has 0 aliphatic heterocycles. The van der Waals surface area contributed by atoms with E-state index in [1.807, 2.05) is 33.6 Å². The third-order valence-electron chi connectivity index (χ3n) is 4.08. The Labute approximate surface area is 156 Å². The monoisotopic (exact) mass is 367 g/mol. The summed E-state index contributed by atoms with van der Waals surface area (Å²) in [6, 6.07) is 21.4. The maximum absolute atomic E-state index is 12.9. The van der Waals surface area contributed by atoms with Gasteiger partial charge in [-0.1, -0.05) is 60.7 Å². The van der Waals surface area contributed by atoms with Gasteiger partial charge < -0.3 is 0 Å². The summed E-state index contributed by atoms with van der Waals surface area (Å²) >= 11 is 0. The molecule has 25 heavy (non-hydrogen) atoms. The molecule has 3 heteroatoms. The molecule has 0 aromatic heterocycles. The second-order valence-corrected chi connectivity index (χ2v) is 11.5. The van der Waals surface area contributed by atoms with Crippen molar-refractivity contribution >= 4 is 29.3 Å². The standard InChI is InChI=1S/C22H24OPS/c1-22(2,3)25(23)21-16-10-11-18(21)17-24(19-12-6-4-7-13-19)20-14-8-5-9-15-20/h4-16H,17H2,1-3H3/t25-/m0/s1. The van der Waals surface area contributed by atoms with E-state index >= 15 is 0 Å². The van der Waals surface area contributed by atoms with Gasteiger partial charge in [0, 0.05) is 21.5 Å². The number of rotatable bonds is 5. The van der Waals surface area contributed by atoms with E-state index < -0.39 is 18.7 Å². The molecule has 1 aliphatic carbocycles. The van der Waals surface area contributed by atoms with E-state index in [-0.39, 0.29) is 4.75 Å². The second kappa shape index (κ2) is 8.14. The van der Waals surface area contributed by atoms with E-state index in [2.05, 4.69) is 67.1 Å². The van der Waals surface area contributed by atoms with E-state index in [0.717, 1.165) is 11.4 Å². The molecule has 0 spiro atoms. The lowest BCUT2D eigenvalue weighted by molar-refractivity contribution is 0.650. The van der Waals surface area contributed by atoms with Crippen LogP contribution >= 0.6 is 7.92 Å². The molecule has 1 fully saturated rings. The molecule has 3 rings (SSSR count). The van der Waals surface area contributed by atoms with Crippen LogP contribution in [-0.2, 0) is 10.8 Å². The molecule has 0 N–H and O–H groups in total. The van der Waals surface area contributed by atoms with Crippen LogP contribution in [0.2, 0.25) is 0 Å². The first-order chi connectivity index (χ1) is 12.0. The second-order valence-electron chi connectivity index (χ2n) is 7.05. The Bertz CT molecular complexity index is 653. The zero-order chi connectivity index (χ0) is 17.9. The van der Waals surface area contributed by atoms with Gasteiger partial charge in [-0.3, -0.25) is 4.21 Å². The average Bonchev–Trinajstić information content (AvgIpc) is 3.07. The van der Waals surface area contributed by atoms with Crippen LogP contribution in [0.4, 0.5) is 0 Å². The Morgan fingerprint density at radius 2 is 1.36 bits per heavy atom. The highest BCUT2D eigenvalue weighted by Gasteiger charge is 2.40. The van der Waals surface area contributed by atoms with Gasteiger partial charge >= 0.3 is 0 Å². The highest BCUT2D eigenvalue weighted by molar-refractivity contribution is 7.89. The van der Waals surface area contributed by atoms with E-state index in [1.54, 1.807) is 0 Å². The highest BCUT2D eigenvalue weighted by atomic mass is 32.2. The van der Waals surface area contributed by atoms with Crippen LogP contribution in [0.15, 0.2) is 60.7 Å². The lowest BCUT2D eigenvalue weighted by Crippen LogP contribution is -2.30. The first-order valence-electron chi connectivity index (χ1n) is 8.51. The number of hydrogen-bond acceptors (Lipinski definition) is 1. The van der Waals surface area contributed by atoms with Crippen molar-refractivity contribution in [1.29, 1.82) is 0 Å². The van der Waals surface area contributed by atoms with Crippen molar-refractivity contribution in [3.05, 3.63) is 91.1 Å². The molecule has 1 nitrogen and oxygen atoms in total. The van der Waals surface area contributed by atoms with Gasteiger partial charge in [-0.25, -0.2) is 0 Å². The SMILES string of the molecule is CC(C)(C)[S@@](=O)[C]1[CH][CH][CH][C]1CP(c1ccccc1)c1ccccc1. The minimum absolute atomic E-state index is 0.245. The summed E-state index contributed by atoms with van der Waals surface area (Å²) in [5.41, 5.74) is 0. The van der Waals surface area contributed by atoms with Gasteiger partial charge in [-0.2, -0.15) is 0 Å². The maximum atomic E-state index is 12.9. The Balaban J connectivity index is 1.87. The Morgan fingerprint density at radius 1 is 0.840 bits per heavy atom. The van der Waals surface area contributed by atoms with Crippen molar-refractivity contribution in [2.45, 2.75) is 25.5 Å². The molecule has 129 valence electrons. The van der Waals surface area contributed by atoms with Crippen LogP contribution in [-0.4, -0.2) is 15.1 Å². The predicted molar refractivity (Wildman–Crippen MR) is 111 cm³/mol. The topological polar surface area (TPSA) is 17.1 Å². The minimum atomic E-state index is -1.000. The molecule has 0 unspecified atom stereocenters. The molecule has 2 aromatic rings. The van der Waals surface area contributed by atoms with Crippen molar-refractivity contribution < 1.29 is 4.21 Å². The van der Waals surface area contributed by atoms with Crippen LogP contribution < -0.4 is 10.6 Å². The zero-order valence-corrected chi connectivity index (χ0v) is 16.7. The van der Waals surface area contributed by atoms with Crippen LogP contribution in [0.3, 0.4) is 0 Å². The van der Waals surface area contributed by atoms with Crippen LogP contribution in [0, 0.1) is 30.4 Å². The Hall–Kier alpha value is -0.980. The lowest BCUT2D eigenvalue weighted by Gasteiger charge is -2.29. The van der Waals surface area contributed by atoms with Gasteiger partial charge in [0.2, 0.25) is 0 Å². The fourth-order valence-corrected chi connectivity index (χ4v) is 6.49. The van der Waals surface area contributed by atoms with Gasteiger partial charge in [0.05, 0.1) is 5.25 Å². The average molecular weight is 367 g/mol. The molecule has 0 amide bonds. The summed E-state index contributed by atoms with van der Waals surface area (Å²) in [5.74, 6) is 1.21. The molecule has 1 atom stereocenters. The largest absolute Gasteiger partial charge is 0.258 e. The minimum Gasteiger partial charge on any atom is -0.258 e. The van der Waals surface area contributed by atoms with Gasteiger partial charge in [-0.15, -0.1) is 0 Å². The summed E-state index contributed by atoms with van der Waals surface area (Å²) in [7, 11) is -1.51. The Kier molecular flexibility index (Phi) is 6.12. The molecule has 0 heterocycles. The summed E-state index contributed by atoms with van der Waals surface area (Å²) < 4.78 is 12.7. The summed E-state index contributed by atoms with van der Waals surface area (Å²) in [6.45, 7) is 6.12. The van der Waals surface area contributed by atoms with Gasteiger partial charge in [0.25, 0.3) is 0 Å². The molecule has 1 saturated carbocycles. The molecule has 0 saturated heterocycles. The molecule has 0 bridgehead atoms. The van der Waals surface area contributed by atoms with Crippen LogP contribution in [0.5, 0.6) is 0 Å². The van der Waals surface area contributed by atoms with Gasteiger partial charge in [0.1, 0.15) is 0 Å². The number of benzene rings is 2. The summed E-state index contributed by atoms with van der Waals surface area (Å²) in [6.07, 6.45) is 7.13. The smallest absolute Gasteiger partial charge is 0.0747 e. The molecule has 2 aromatic carbocycles. The van der Waals surface area contributed by atoms with Crippen molar-refractivity contribution in [2.75, 3.05) is 6.16 Å². The van der Waals surface area contributed by atoms with Crippen molar-refractivity contribution in [3.63, 3.8) is 0 Å². The van der Waals surface area contributed by atoms with Crippen LogP contribution in [0.25, 0.3) is 0 Å². The molecule has 5 radical (unpaired) electrons. The first kappa shape index (κ1) is 18.8. The molecular weight excluding hydrogens is 343 g/mol. The highest BCUT2D eigenvalue weighted by Crippen LogP contribution is 2.47. The first-order valence-corrected chi connectivity index (χ1v) is 11.2.